The summed E-state index contributed by atoms with van der Waals surface area (Å²) in [5, 5.41) is 18.9. The Morgan fingerprint density at radius 1 is 1.19 bits per heavy atom. The molecule has 37 heavy (non-hydrogen) atoms. The van der Waals surface area contributed by atoms with Crippen molar-refractivity contribution < 1.29 is 19.0 Å². The maximum Gasteiger partial charge on any atom is 0.307 e. The van der Waals surface area contributed by atoms with Crippen LogP contribution in [0, 0.1) is 5.82 Å². The molecule has 0 spiro atoms. The summed E-state index contributed by atoms with van der Waals surface area (Å²) in [6, 6.07) is 12.2. The van der Waals surface area contributed by atoms with Crippen molar-refractivity contribution in [1.82, 2.24) is 15.3 Å². The number of piperazine rings is 1. The van der Waals surface area contributed by atoms with Gasteiger partial charge in [0.1, 0.15) is 17.1 Å². The summed E-state index contributed by atoms with van der Waals surface area (Å²) in [5.74, 6) is -0.161. The first kappa shape index (κ1) is 25.0. The first-order valence-electron chi connectivity index (χ1n) is 12.2. The molecule has 0 saturated carbocycles. The van der Waals surface area contributed by atoms with Crippen molar-refractivity contribution in [3.05, 3.63) is 53.3 Å². The van der Waals surface area contributed by atoms with Gasteiger partial charge in [0.05, 0.1) is 18.1 Å². The van der Waals surface area contributed by atoms with Crippen LogP contribution in [-0.2, 0) is 9.53 Å². The van der Waals surface area contributed by atoms with Crippen LogP contribution in [0.25, 0.3) is 32.8 Å². The van der Waals surface area contributed by atoms with E-state index < -0.39 is 5.82 Å². The van der Waals surface area contributed by atoms with E-state index in [0.717, 1.165) is 23.9 Å². The summed E-state index contributed by atoms with van der Waals surface area (Å²) in [5.41, 5.74) is 0.733. The molecule has 1 aromatic heterocycles. The number of phenols is 1. The third-order valence-corrected chi connectivity index (χ3v) is 6.61. The Morgan fingerprint density at radius 3 is 2.76 bits per heavy atom. The van der Waals surface area contributed by atoms with E-state index >= 15 is 4.39 Å². The number of hydrogen-bond acceptors (Lipinski definition) is 8. The number of phenolic OH excluding ortho intramolecular Hbond substituents is 1. The summed E-state index contributed by atoms with van der Waals surface area (Å²) in [6.07, 6.45) is 0.127. The lowest BCUT2D eigenvalue weighted by Crippen LogP contribution is -2.44. The first-order chi connectivity index (χ1) is 18.0. The van der Waals surface area contributed by atoms with Gasteiger partial charge in [0, 0.05) is 43.7 Å². The van der Waals surface area contributed by atoms with Gasteiger partial charge >= 0.3 is 5.97 Å². The van der Waals surface area contributed by atoms with Crippen molar-refractivity contribution >= 4 is 51.0 Å². The topological polar surface area (TPSA) is 99.6 Å². The minimum Gasteiger partial charge on any atom is -0.508 e. The molecule has 0 atom stereocenters. The molecule has 1 fully saturated rings. The van der Waals surface area contributed by atoms with Gasteiger partial charge in [-0.15, -0.1) is 0 Å². The van der Waals surface area contributed by atoms with E-state index in [1.54, 1.807) is 19.1 Å². The van der Waals surface area contributed by atoms with Gasteiger partial charge in [-0.05, 0) is 41.5 Å². The average molecular weight is 524 g/mol. The van der Waals surface area contributed by atoms with Crippen LogP contribution in [0.3, 0.4) is 0 Å². The second-order valence-corrected chi connectivity index (χ2v) is 9.15. The minimum absolute atomic E-state index is 0.00905. The number of halogens is 2. The first-order valence-corrected chi connectivity index (χ1v) is 12.6. The number of hydrogen-bond donors (Lipinski definition) is 3. The van der Waals surface area contributed by atoms with Crippen LogP contribution in [0.5, 0.6) is 5.75 Å². The lowest BCUT2D eigenvalue weighted by atomic mass is 9.96. The van der Waals surface area contributed by atoms with Crippen LogP contribution in [-0.4, -0.2) is 60.4 Å². The maximum atomic E-state index is 16.4. The molecule has 8 nitrogen and oxygen atoms in total. The number of ether oxygens (including phenoxy) is 1. The molecule has 2 heterocycles. The lowest BCUT2D eigenvalue weighted by Gasteiger charge is -2.29. The normalized spacial score (nSPS) is 13.8. The second-order valence-electron chi connectivity index (χ2n) is 8.75. The molecule has 192 valence electrons. The van der Waals surface area contributed by atoms with E-state index in [1.165, 1.54) is 6.07 Å². The van der Waals surface area contributed by atoms with E-state index in [4.69, 9.17) is 16.3 Å². The van der Waals surface area contributed by atoms with E-state index in [-0.39, 0.29) is 46.7 Å². The number of carbonyl (C=O) groups excluding carboxylic acids is 1. The van der Waals surface area contributed by atoms with Gasteiger partial charge in [0.25, 0.3) is 0 Å². The number of esters is 1. The van der Waals surface area contributed by atoms with E-state index in [1.807, 2.05) is 24.3 Å². The van der Waals surface area contributed by atoms with E-state index in [9.17, 15) is 9.90 Å². The minimum atomic E-state index is -0.606. The van der Waals surface area contributed by atoms with Gasteiger partial charge in [0.2, 0.25) is 5.95 Å². The molecule has 5 rings (SSSR count). The van der Waals surface area contributed by atoms with Crippen LogP contribution < -0.4 is 15.5 Å². The highest BCUT2D eigenvalue weighted by Crippen LogP contribution is 2.42. The van der Waals surface area contributed by atoms with Crippen LogP contribution >= 0.6 is 11.6 Å². The van der Waals surface area contributed by atoms with Crippen molar-refractivity contribution in [2.75, 3.05) is 49.5 Å². The zero-order valence-corrected chi connectivity index (χ0v) is 21.1. The third-order valence-electron chi connectivity index (χ3n) is 6.31. The SMILES string of the molecule is CCOC(=O)CCNc1nc(N2CCNCC2)c2cc(Cl)c(-c3cc(O)cc4ccccc34)c(F)c2n1. The fourth-order valence-electron chi connectivity index (χ4n) is 4.63. The van der Waals surface area contributed by atoms with Crippen molar-refractivity contribution in [3.63, 3.8) is 0 Å². The fraction of sp³-hybridized carbons (Fsp3) is 0.296. The van der Waals surface area contributed by atoms with Gasteiger partial charge in [0.15, 0.2) is 5.82 Å². The zero-order chi connectivity index (χ0) is 25.9. The van der Waals surface area contributed by atoms with Gasteiger partial charge in [-0.1, -0.05) is 35.9 Å². The average Bonchev–Trinajstić information content (AvgIpc) is 2.89. The molecule has 1 saturated heterocycles. The smallest absolute Gasteiger partial charge is 0.307 e. The molecule has 4 aromatic rings. The third kappa shape index (κ3) is 5.10. The van der Waals surface area contributed by atoms with E-state index in [0.29, 0.717) is 36.5 Å². The number of rotatable bonds is 7. The lowest BCUT2D eigenvalue weighted by molar-refractivity contribution is -0.142. The Labute approximate surface area is 218 Å². The summed E-state index contributed by atoms with van der Waals surface area (Å²) in [7, 11) is 0. The summed E-state index contributed by atoms with van der Waals surface area (Å²) in [6.45, 7) is 5.20. The number of anilines is 2. The predicted molar refractivity (Wildman–Crippen MR) is 144 cm³/mol. The molecule has 1 aliphatic rings. The molecule has 0 aliphatic carbocycles. The van der Waals surface area contributed by atoms with E-state index in [2.05, 4.69) is 25.5 Å². The second kappa shape index (κ2) is 10.7. The number of fused-ring (bicyclic) bond motifs is 2. The predicted octanol–water partition coefficient (Wildman–Crippen LogP) is 4.72. The fourth-order valence-corrected chi connectivity index (χ4v) is 4.93. The molecule has 10 heteroatoms. The molecule has 3 aromatic carbocycles. The Balaban J connectivity index is 1.66. The van der Waals surface area contributed by atoms with Crippen LogP contribution in [0.2, 0.25) is 5.02 Å². The molecule has 0 unspecified atom stereocenters. The van der Waals surface area contributed by atoms with Crippen LogP contribution in [0.15, 0.2) is 42.5 Å². The van der Waals surface area contributed by atoms with Crippen molar-refractivity contribution in [2.24, 2.45) is 0 Å². The van der Waals surface area contributed by atoms with Gasteiger partial charge < -0.3 is 25.4 Å². The molecule has 0 radical (unpaired) electrons. The number of aromatic nitrogens is 2. The highest BCUT2D eigenvalue weighted by molar-refractivity contribution is 6.35. The highest BCUT2D eigenvalue weighted by Gasteiger charge is 2.24. The Kier molecular flexibility index (Phi) is 7.25. The quantitative estimate of drug-likeness (QED) is 0.299. The molecular weight excluding hydrogens is 497 g/mol. The molecule has 3 N–H and O–H groups in total. The Morgan fingerprint density at radius 2 is 1.97 bits per heavy atom. The number of benzene rings is 3. The summed E-state index contributed by atoms with van der Waals surface area (Å²) in [4.78, 5) is 23.0. The highest BCUT2D eigenvalue weighted by atomic mass is 35.5. The van der Waals surface area contributed by atoms with Crippen molar-refractivity contribution in [2.45, 2.75) is 13.3 Å². The standard InChI is InChI=1S/C27H27ClFN5O3/c1-2-37-22(36)7-8-31-27-32-25-20(26(33-27)34-11-9-30-10-12-34)15-21(28)23(24(25)29)19-14-17(35)13-16-5-3-4-6-18(16)19/h3-6,13-15,30,35H,2,7-12H2,1H3,(H,31,32,33). The molecule has 1 aliphatic heterocycles. The molecule has 0 bridgehead atoms. The Bertz CT molecular complexity index is 1480. The molecule has 0 amide bonds. The number of carbonyl (C=O) groups is 1. The maximum absolute atomic E-state index is 16.4. The number of nitrogens with one attached hydrogen (secondary N) is 2. The summed E-state index contributed by atoms with van der Waals surface area (Å²) < 4.78 is 21.3. The molecular formula is C27H27ClFN5O3. The van der Waals surface area contributed by atoms with Gasteiger partial charge in [-0.25, -0.2) is 9.37 Å². The van der Waals surface area contributed by atoms with Crippen LogP contribution in [0.1, 0.15) is 13.3 Å². The van der Waals surface area contributed by atoms with Crippen molar-refractivity contribution in [3.8, 4) is 16.9 Å². The van der Waals surface area contributed by atoms with Crippen molar-refractivity contribution in [1.29, 1.82) is 0 Å². The monoisotopic (exact) mass is 523 g/mol. The Hall–Kier alpha value is -3.69. The zero-order valence-electron chi connectivity index (χ0n) is 20.4. The van der Waals surface area contributed by atoms with Gasteiger partial charge in [-0.2, -0.15) is 4.98 Å². The number of aromatic hydroxyl groups is 1. The van der Waals surface area contributed by atoms with Crippen LogP contribution in [0.4, 0.5) is 16.2 Å². The van der Waals surface area contributed by atoms with Gasteiger partial charge in [-0.3, -0.25) is 4.79 Å². The largest absolute Gasteiger partial charge is 0.508 e. The number of nitrogens with zero attached hydrogens (tertiary/aromatic N) is 3. The summed E-state index contributed by atoms with van der Waals surface area (Å²) >= 11 is 6.72.